The van der Waals surface area contributed by atoms with Crippen LogP contribution in [0.5, 0.6) is 0 Å². The third-order valence-electron chi connectivity index (χ3n) is 2.13. The van der Waals surface area contributed by atoms with Crippen LogP contribution in [0.15, 0.2) is 11.6 Å². The van der Waals surface area contributed by atoms with Crippen LogP contribution in [0.4, 0.5) is 0 Å². The molecule has 0 amide bonds. The number of nitrogens with zero attached hydrogens (tertiary/aromatic N) is 2. The van der Waals surface area contributed by atoms with Gasteiger partial charge in [-0.2, -0.15) is 0 Å². The standard InChI is InChI=1S/C10H15N3S/c1-7(2)11-4-9-5-13-8(3)6-14-10(13)12-9/h5-7,11H,4H2,1-3H3. The fraction of sp³-hybridized carbons (Fsp3) is 0.500. The molecule has 3 nitrogen and oxygen atoms in total. The number of nitrogens with one attached hydrogen (secondary N) is 1. The van der Waals surface area contributed by atoms with Gasteiger partial charge < -0.3 is 5.32 Å². The average molecular weight is 209 g/mol. The highest BCUT2D eigenvalue weighted by Gasteiger charge is 2.04. The minimum atomic E-state index is 0.510. The molecule has 2 rings (SSSR count). The first-order valence-corrected chi connectivity index (χ1v) is 5.70. The summed E-state index contributed by atoms with van der Waals surface area (Å²) in [7, 11) is 0. The van der Waals surface area contributed by atoms with Crippen LogP contribution in [-0.4, -0.2) is 15.4 Å². The van der Waals surface area contributed by atoms with E-state index in [2.05, 4.69) is 47.0 Å². The molecule has 0 unspecified atom stereocenters. The van der Waals surface area contributed by atoms with Crippen molar-refractivity contribution in [2.45, 2.75) is 33.4 Å². The second-order valence-electron chi connectivity index (χ2n) is 3.80. The van der Waals surface area contributed by atoms with Crippen molar-refractivity contribution in [1.29, 1.82) is 0 Å². The first-order chi connectivity index (χ1) is 6.66. The van der Waals surface area contributed by atoms with Gasteiger partial charge in [-0.3, -0.25) is 4.40 Å². The summed E-state index contributed by atoms with van der Waals surface area (Å²) in [5.74, 6) is 0. The highest BCUT2D eigenvalue weighted by Crippen LogP contribution is 2.15. The molecule has 0 fully saturated rings. The highest BCUT2D eigenvalue weighted by molar-refractivity contribution is 7.15. The fourth-order valence-corrected chi connectivity index (χ4v) is 2.20. The maximum absolute atomic E-state index is 4.52. The minimum Gasteiger partial charge on any atom is -0.309 e. The molecule has 0 aliphatic carbocycles. The largest absolute Gasteiger partial charge is 0.309 e. The Hall–Kier alpha value is -0.870. The van der Waals surface area contributed by atoms with Crippen molar-refractivity contribution in [2.75, 3.05) is 0 Å². The van der Waals surface area contributed by atoms with E-state index in [4.69, 9.17) is 0 Å². The van der Waals surface area contributed by atoms with Crippen LogP contribution in [0.25, 0.3) is 4.96 Å². The molecule has 2 aromatic heterocycles. The monoisotopic (exact) mass is 209 g/mol. The summed E-state index contributed by atoms with van der Waals surface area (Å²) in [4.78, 5) is 5.61. The molecule has 1 N–H and O–H groups in total. The lowest BCUT2D eigenvalue weighted by atomic mass is 10.3. The Kier molecular flexibility index (Phi) is 2.56. The van der Waals surface area contributed by atoms with Crippen LogP contribution in [0.2, 0.25) is 0 Å². The van der Waals surface area contributed by atoms with Crippen LogP contribution in [0, 0.1) is 6.92 Å². The smallest absolute Gasteiger partial charge is 0.194 e. The third kappa shape index (κ3) is 1.81. The first kappa shape index (κ1) is 9.68. The lowest BCUT2D eigenvalue weighted by molar-refractivity contribution is 0.583. The number of aryl methyl sites for hydroxylation is 1. The van der Waals surface area contributed by atoms with Gasteiger partial charge in [0.15, 0.2) is 4.96 Å². The van der Waals surface area contributed by atoms with Gasteiger partial charge in [0.1, 0.15) is 0 Å². The van der Waals surface area contributed by atoms with Gasteiger partial charge in [-0.25, -0.2) is 4.98 Å². The molecule has 76 valence electrons. The Bertz CT molecular complexity index is 427. The van der Waals surface area contributed by atoms with Gasteiger partial charge in [-0.1, -0.05) is 13.8 Å². The molecule has 0 saturated carbocycles. The van der Waals surface area contributed by atoms with Crippen molar-refractivity contribution in [3.8, 4) is 0 Å². The van der Waals surface area contributed by atoms with Crippen LogP contribution in [-0.2, 0) is 6.54 Å². The first-order valence-electron chi connectivity index (χ1n) is 4.82. The second kappa shape index (κ2) is 3.71. The topological polar surface area (TPSA) is 29.3 Å². The Morgan fingerprint density at radius 1 is 1.57 bits per heavy atom. The van der Waals surface area contributed by atoms with Crippen molar-refractivity contribution in [1.82, 2.24) is 14.7 Å². The molecule has 0 aliphatic heterocycles. The number of thiazole rings is 1. The normalized spacial score (nSPS) is 11.7. The maximum atomic E-state index is 4.52. The van der Waals surface area contributed by atoms with Gasteiger partial charge in [0, 0.05) is 29.9 Å². The van der Waals surface area contributed by atoms with Crippen molar-refractivity contribution in [2.24, 2.45) is 0 Å². The van der Waals surface area contributed by atoms with Crippen molar-refractivity contribution in [3.05, 3.63) is 23.0 Å². The van der Waals surface area contributed by atoms with Gasteiger partial charge in [0.05, 0.1) is 5.69 Å². The van der Waals surface area contributed by atoms with Crippen LogP contribution in [0.1, 0.15) is 25.2 Å². The van der Waals surface area contributed by atoms with E-state index in [1.165, 1.54) is 5.69 Å². The molecular formula is C10H15N3S. The summed E-state index contributed by atoms with van der Waals surface area (Å²) in [6, 6.07) is 0.510. The fourth-order valence-electron chi connectivity index (χ4n) is 1.33. The molecule has 0 bridgehead atoms. The summed E-state index contributed by atoms with van der Waals surface area (Å²) in [6.45, 7) is 7.24. The minimum absolute atomic E-state index is 0.510. The molecular weight excluding hydrogens is 194 g/mol. The van der Waals surface area contributed by atoms with Crippen LogP contribution >= 0.6 is 11.3 Å². The zero-order chi connectivity index (χ0) is 10.1. The quantitative estimate of drug-likeness (QED) is 0.839. The maximum Gasteiger partial charge on any atom is 0.194 e. The summed E-state index contributed by atoms with van der Waals surface area (Å²) >= 11 is 1.69. The van der Waals surface area contributed by atoms with Gasteiger partial charge in [0.25, 0.3) is 0 Å². The lowest BCUT2D eigenvalue weighted by Gasteiger charge is -2.04. The Morgan fingerprint density at radius 3 is 3.00 bits per heavy atom. The molecule has 2 aromatic rings. The van der Waals surface area contributed by atoms with Gasteiger partial charge in [-0.15, -0.1) is 11.3 Å². The van der Waals surface area contributed by atoms with Crippen LogP contribution in [0.3, 0.4) is 0 Å². The van der Waals surface area contributed by atoms with Gasteiger partial charge in [-0.05, 0) is 6.92 Å². The van der Waals surface area contributed by atoms with Gasteiger partial charge in [0.2, 0.25) is 0 Å². The number of rotatable bonds is 3. The third-order valence-corrected chi connectivity index (χ3v) is 3.09. The van der Waals surface area contributed by atoms with E-state index in [-0.39, 0.29) is 0 Å². The summed E-state index contributed by atoms with van der Waals surface area (Å²) in [5, 5.41) is 5.49. The van der Waals surface area contributed by atoms with Crippen molar-refractivity contribution in [3.63, 3.8) is 0 Å². The Balaban J connectivity index is 2.19. The zero-order valence-electron chi connectivity index (χ0n) is 8.74. The molecule has 0 spiro atoms. The summed E-state index contributed by atoms with van der Waals surface area (Å²) in [5.41, 5.74) is 2.38. The summed E-state index contributed by atoms with van der Waals surface area (Å²) < 4.78 is 2.14. The predicted octanol–water partition coefficient (Wildman–Crippen LogP) is 2.20. The van der Waals surface area contributed by atoms with Crippen LogP contribution < -0.4 is 5.32 Å². The number of hydrogen-bond donors (Lipinski definition) is 1. The van der Waals surface area contributed by atoms with Gasteiger partial charge >= 0.3 is 0 Å². The van der Waals surface area contributed by atoms with E-state index < -0.39 is 0 Å². The summed E-state index contributed by atoms with van der Waals surface area (Å²) in [6.07, 6.45) is 2.11. The van der Waals surface area contributed by atoms with E-state index in [0.717, 1.165) is 17.2 Å². The predicted molar refractivity (Wildman–Crippen MR) is 59.8 cm³/mol. The SMILES string of the molecule is Cc1csc2nc(CNC(C)C)cn12. The van der Waals surface area contributed by atoms with E-state index in [0.29, 0.717) is 6.04 Å². The van der Waals surface area contributed by atoms with E-state index in [9.17, 15) is 0 Å². The van der Waals surface area contributed by atoms with E-state index in [1.54, 1.807) is 11.3 Å². The van der Waals surface area contributed by atoms with E-state index in [1.807, 2.05) is 0 Å². The number of imidazole rings is 1. The number of aromatic nitrogens is 2. The Labute approximate surface area is 87.8 Å². The molecule has 2 heterocycles. The molecule has 0 saturated heterocycles. The second-order valence-corrected chi connectivity index (χ2v) is 4.63. The molecule has 4 heteroatoms. The Morgan fingerprint density at radius 2 is 2.36 bits per heavy atom. The molecule has 0 atom stereocenters. The molecule has 0 radical (unpaired) electrons. The number of fused-ring (bicyclic) bond motifs is 1. The number of hydrogen-bond acceptors (Lipinski definition) is 3. The molecule has 0 aliphatic rings. The van der Waals surface area contributed by atoms with Crippen molar-refractivity contribution >= 4 is 16.3 Å². The lowest BCUT2D eigenvalue weighted by Crippen LogP contribution is -2.21. The van der Waals surface area contributed by atoms with E-state index >= 15 is 0 Å². The van der Waals surface area contributed by atoms with Crippen molar-refractivity contribution < 1.29 is 0 Å². The molecule has 14 heavy (non-hydrogen) atoms. The highest BCUT2D eigenvalue weighted by atomic mass is 32.1. The molecule has 0 aromatic carbocycles. The zero-order valence-corrected chi connectivity index (χ0v) is 9.56. The average Bonchev–Trinajstić information content (AvgIpc) is 2.65.